The second kappa shape index (κ2) is 28.6. The molecule has 0 aliphatic carbocycles. The van der Waals surface area contributed by atoms with Crippen molar-refractivity contribution in [1.29, 1.82) is 0 Å². The molecule has 8 amide bonds. The van der Waals surface area contributed by atoms with Gasteiger partial charge in [0.2, 0.25) is 23.6 Å². The molecule has 0 heterocycles. The lowest BCUT2D eigenvalue weighted by Crippen LogP contribution is -2.60. The first-order chi connectivity index (χ1) is 41.4. The fraction of sp³-hybridized carbons (Fsp3) is 0.232. The summed E-state index contributed by atoms with van der Waals surface area (Å²) in [6.45, 7) is 14.0. The van der Waals surface area contributed by atoms with Gasteiger partial charge in [0.15, 0.2) is 0 Å². The maximum absolute atomic E-state index is 14.7. The van der Waals surface area contributed by atoms with Gasteiger partial charge < -0.3 is 53.0 Å². The average molecular weight is 1190 g/mol. The van der Waals surface area contributed by atoms with Crippen LogP contribution in [-0.2, 0) is 47.9 Å². The van der Waals surface area contributed by atoms with Crippen LogP contribution in [-0.4, -0.2) is 88.0 Å². The fourth-order valence-corrected chi connectivity index (χ4v) is 8.20. The SMILES string of the molecule is COC(=O)C(C)(C)NC(=O)/C(=C/c1ccc(-c2ccccc2)cc1)NC(=O)C(C)(C)NC(=O)/C(=C/c1ccc(-c2ccccc2)cc1)NC(=O)C(C)(C)NC(=O)/C(=C/c1ccccc1)NC(=O)C(C)(C)NC(=O)/C(=C\c1ccccc1)NC(=O)C(C)(C)N. The first-order valence-electron chi connectivity index (χ1n) is 28.1. The molecule has 0 radical (unpaired) electrons. The lowest BCUT2D eigenvalue weighted by Gasteiger charge is -2.30. The third kappa shape index (κ3) is 18.7. The van der Waals surface area contributed by atoms with E-state index in [4.69, 9.17) is 10.5 Å². The summed E-state index contributed by atoms with van der Waals surface area (Å²) in [5, 5.41) is 21.0. The number of hydrogen-bond donors (Lipinski definition) is 9. The number of amides is 8. The molecule has 0 bridgehead atoms. The predicted molar refractivity (Wildman–Crippen MR) is 340 cm³/mol. The van der Waals surface area contributed by atoms with Gasteiger partial charge in [-0.3, -0.25) is 38.4 Å². The number of rotatable bonds is 23. The van der Waals surface area contributed by atoms with Gasteiger partial charge in [-0.1, -0.05) is 170 Å². The normalized spacial score (nSPS) is 12.5. The van der Waals surface area contributed by atoms with Crippen LogP contribution in [0.15, 0.2) is 193 Å². The third-order valence-electron chi connectivity index (χ3n) is 13.5. The molecule has 88 heavy (non-hydrogen) atoms. The molecule has 0 saturated carbocycles. The summed E-state index contributed by atoms with van der Waals surface area (Å²) in [6.07, 6.45) is 5.56. The molecule has 0 saturated heterocycles. The highest BCUT2D eigenvalue weighted by Gasteiger charge is 2.39. The molecule has 0 fully saturated rings. The number of benzene rings is 6. The molecule has 456 valence electrons. The first-order valence-corrected chi connectivity index (χ1v) is 28.1. The Morgan fingerprint density at radius 3 is 0.807 bits per heavy atom. The average Bonchev–Trinajstić information content (AvgIpc) is 2.95. The van der Waals surface area contributed by atoms with Crippen LogP contribution in [0.2, 0.25) is 0 Å². The quantitative estimate of drug-likeness (QED) is 0.0224. The monoisotopic (exact) mass is 1190 g/mol. The number of carbonyl (C=O) groups excluding carboxylic acids is 9. The Labute approximate surface area is 512 Å². The zero-order chi connectivity index (χ0) is 64.6. The van der Waals surface area contributed by atoms with Crippen LogP contribution in [0.4, 0.5) is 0 Å². The molecule has 0 unspecified atom stereocenters. The second-order valence-electron chi connectivity index (χ2n) is 23.4. The van der Waals surface area contributed by atoms with E-state index in [-0.39, 0.29) is 22.8 Å². The van der Waals surface area contributed by atoms with Gasteiger partial charge in [-0.25, -0.2) is 4.79 Å². The number of methoxy groups -OCH3 is 1. The van der Waals surface area contributed by atoms with E-state index >= 15 is 0 Å². The summed E-state index contributed by atoms with van der Waals surface area (Å²) in [5.74, 6) is -7.73. The highest BCUT2D eigenvalue weighted by atomic mass is 16.5. The maximum Gasteiger partial charge on any atom is 0.330 e. The van der Waals surface area contributed by atoms with Gasteiger partial charge in [-0.15, -0.1) is 0 Å². The molecule has 0 aliphatic heterocycles. The second-order valence-corrected chi connectivity index (χ2v) is 23.4. The molecular weight excluding hydrogens is 1110 g/mol. The summed E-state index contributed by atoms with van der Waals surface area (Å²) >= 11 is 0. The Hall–Kier alpha value is -10.5. The van der Waals surface area contributed by atoms with Crippen LogP contribution in [0.3, 0.4) is 0 Å². The number of hydrogen-bond acceptors (Lipinski definition) is 11. The minimum absolute atomic E-state index is 0.218. The van der Waals surface area contributed by atoms with Gasteiger partial charge in [0.05, 0.1) is 12.6 Å². The van der Waals surface area contributed by atoms with Gasteiger partial charge in [-0.2, -0.15) is 0 Å². The standard InChI is InChI=1S/C69H75N9O10/c1-65(2,70)60(83)71-52(40-44-24-16-12-17-25-44)56(79)75-66(3,4)61(84)72-53(41-45-26-18-13-19-27-45)57(80)76-67(5,6)62(85)73-54(42-46-32-36-50(37-33-46)48-28-20-14-21-29-48)58(81)77-68(7,8)63(86)74-55(59(82)78-69(9,10)64(87)88-11)43-47-34-38-51(39-35-47)49-30-22-15-23-31-49/h12-43H,70H2,1-11H3,(H,71,83)(H,72,84)(H,73,85)(H,74,86)(H,75,79)(H,76,80)(H,77,81)(H,78,82)/b52-40+,53-41-,54-42-,55-43-. The lowest BCUT2D eigenvalue weighted by molar-refractivity contribution is -0.149. The van der Waals surface area contributed by atoms with Crippen molar-refractivity contribution >= 4 is 77.5 Å². The van der Waals surface area contributed by atoms with Crippen molar-refractivity contribution in [3.8, 4) is 22.3 Å². The van der Waals surface area contributed by atoms with E-state index in [2.05, 4.69) is 42.5 Å². The molecule has 10 N–H and O–H groups in total. The summed E-state index contributed by atoms with van der Waals surface area (Å²) in [4.78, 5) is 126. The van der Waals surface area contributed by atoms with E-state index in [0.29, 0.717) is 22.3 Å². The zero-order valence-electron chi connectivity index (χ0n) is 51.1. The van der Waals surface area contributed by atoms with Crippen molar-refractivity contribution in [2.24, 2.45) is 5.73 Å². The summed E-state index contributed by atoms with van der Waals surface area (Å²) in [6, 6.07) is 50.5. The lowest BCUT2D eigenvalue weighted by atomic mass is 10.0. The van der Waals surface area contributed by atoms with E-state index < -0.39 is 80.9 Å². The van der Waals surface area contributed by atoms with Gasteiger partial charge in [0.25, 0.3) is 23.6 Å². The Bertz CT molecular complexity index is 3680. The van der Waals surface area contributed by atoms with Gasteiger partial charge in [0.1, 0.15) is 44.9 Å². The van der Waals surface area contributed by atoms with Crippen LogP contribution in [0.5, 0.6) is 0 Å². The number of carbonyl (C=O) groups is 9. The Morgan fingerprint density at radius 2 is 0.545 bits per heavy atom. The third-order valence-corrected chi connectivity index (χ3v) is 13.5. The molecule has 0 spiro atoms. The molecule has 0 aromatic heterocycles. The van der Waals surface area contributed by atoms with E-state index in [1.807, 2.05) is 84.9 Å². The van der Waals surface area contributed by atoms with Gasteiger partial charge in [0, 0.05) is 0 Å². The number of ether oxygens (including phenoxy) is 1. The van der Waals surface area contributed by atoms with Gasteiger partial charge >= 0.3 is 5.97 Å². The summed E-state index contributed by atoms with van der Waals surface area (Å²) in [5.41, 5.74) is 1.99. The topological polar surface area (TPSA) is 285 Å². The van der Waals surface area contributed by atoms with Crippen molar-refractivity contribution in [2.45, 2.75) is 96.9 Å². The van der Waals surface area contributed by atoms with Crippen LogP contribution in [0.25, 0.3) is 46.6 Å². The van der Waals surface area contributed by atoms with Crippen molar-refractivity contribution in [1.82, 2.24) is 42.5 Å². The van der Waals surface area contributed by atoms with Crippen molar-refractivity contribution < 1.29 is 47.9 Å². The predicted octanol–water partition coefficient (Wildman–Crippen LogP) is 7.44. The van der Waals surface area contributed by atoms with Crippen LogP contribution in [0.1, 0.15) is 91.5 Å². The van der Waals surface area contributed by atoms with Gasteiger partial charge in [-0.05, 0) is 138 Å². The number of nitrogens with one attached hydrogen (secondary N) is 8. The molecule has 19 nitrogen and oxygen atoms in total. The molecule has 6 rings (SSSR count). The Morgan fingerprint density at radius 1 is 0.318 bits per heavy atom. The van der Waals surface area contributed by atoms with E-state index in [1.54, 1.807) is 84.9 Å². The van der Waals surface area contributed by atoms with E-state index in [9.17, 15) is 43.2 Å². The molecule has 6 aromatic carbocycles. The smallest absolute Gasteiger partial charge is 0.330 e. The van der Waals surface area contributed by atoms with E-state index in [1.165, 1.54) is 101 Å². The Kier molecular flexibility index (Phi) is 21.6. The first kappa shape index (κ1) is 66.6. The largest absolute Gasteiger partial charge is 0.467 e. The molecule has 0 atom stereocenters. The van der Waals surface area contributed by atoms with Crippen molar-refractivity contribution in [3.63, 3.8) is 0 Å². The van der Waals surface area contributed by atoms with Crippen molar-refractivity contribution in [2.75, 3.05) is 7.11 Å². The highest BCUT2D eigenvalue weighted by Crippen LogP contribution is 2.23. The Balaban J connectivity index is 1.28. The van der Waals surface area contributed by atoms with E-state index in [0.717, 1.165) is 22.3 Å². The minimum atomic E-state index is -1.87. The molecule has 19 heteroatoms. The highest BCUT2D eigenvalue weighted by molar-refractivity contribution is 6.10. The molecular formula is C69H75N9O10. The molecule has 0 aliphatic rings. The fourth-order valence-electron chi connectivity index (χ4n) is 8.20. The van der Waals surface area contributed by atoms with Crippen LogP contribution < -0.4 is 48.3 Å². The zero-order valence-corrected chi connectivity index (χ0v) is 51.1. The minimum Gasteiger partial charge on any atom is -0.467 e. The number of nitrogens with two attached hydrogens (primary N) is 1. The maximum atomic E-state index is 14.7. The molecule has 6 aromatic rings. The summed E-state index contributed by atoms with van der Waals surface area (Å²) in [7, 11) is 1.17. The number of esters is 1. The van der Waals surface area contributed by atoms with Crippen LogP contribution in [0, 0.1) is 0 Å². The van der Waals surface area contributed by atoms with Crippen LogP contribution >= 0.6 is 0 Å². The van der Waals surface area contributed by atoms with Crippen molar-refractivity contribution in [3.05, 3.63) is 215 Å². The summed E-state index contributed by atoms with van der Waals surface area (Å²) < 4.78 is 4.90.